The molecule has 1 N–H and O–H groups in total. The fraction of sp³-hybridized carbons (Fsp3) is 0.417. The highest BCUT2D eigenvalue weighted by molar-refractivity contribution is 5.66. The molecular formula is C12H14F2O2. The van der Waals surface area contributed by atoms with Gasteiger partial charge in [0, 0.05) is 12.0 Å². The predicted molar refractivity (Wildman–Crippen MR) is 56.7 cm³/mol. The van der Waals surface area contributed by atoms with E-state index in [-0.39, 0.29) is 5.56 Å². The summed E-state index contributed by atoms with van der Waals surface area (Å²) in [6, 6.07) is 4.79. The smallest absolute Gasteiger partial charge is 0.303 e. The van der Waals surface area contributed by atoms with Gasteiger partial charge in [-0.15, -0.1) is 0 Å². The van der Waals surface area contributed by atoms with Gasteiger partial charge in [0.25, 0.3) is 5.92 Å². The lowest BCUT2D eigenvalue weighted by atomic mass is 9.97. The molecule has 0 bridgehead atoms. The van der Waals surface area contributed by atoms with Gasteiger partial charge in [-0.25, -0.2) is 8.78 Å². The van der Waals surface area contributed by atoms with Crippen LogP contribution in [-0.4, -0.2) is 11.1 Å². The van der Waals surface area contributed by atoms with Crippen molar-refractivity contribution in [1.29, 1.82) is 0 Å². The Morgan fingerprint density at radius 3 is 2.56 bits per heavy atom. The van der Waals surface area contributed by atoms with E-state index in [9.17, 15) is 13.6 Å². The van der Waals surface area contributed by atoms with Crippen LogP contribution >= 0.6 is 0 Å². The molecule has 0 saturated heterocycles. The molecule has 16 heavy (non-hydrogen) atoms. The zero-order valence-electron chi connectivity index (χ0n) is 9.26. The van der Waals surface area contributed by atoms with Crippen molar-refractivity contribution in [1.82, 2.24) is 0 Å². The number of carboxylic acid groups (broad SMARTS) is 1. The molecule has 0 unspecified atom stereocenters. The molecule has 0 amide bonds. The second-order valence-electron chi connectivity index (χ2n) is 3.92. The van der Waals surface area contributed by atoms with E-state index in [1.165, 1.54) is 6.07 Å². The van der Waals surface area contributed by atoms with Crippen molar-refractivity contribution in [3.8, 4) is 0 Å². The highest BCUT2D eigenvalue weighted by Gasteiger charge is 2.33. The zero-order chi connectivity index (χ0) is 12.3. The maximum Gasteiger partial charge on any atom is 0.303 e. The van der Waals surface area contributed by atoms with Gasteiger partial charge < -0.3 is 5.11 Å². The minimum atomic E-state index is -3.07. The summed E-state index contributed by atoms with van der Waals surface area (Å²) in [6.45, 7) is 3.33. The highest BCUT2D eigenvalue weighted by Crippen LogP contribution is 2.35. The number of hydrogen-bond acceptors (Lipinski definition) is 1. The van der Waals surface area contributed by atoms with Gasteiger partial charge >= 0.3 is 5.97 Å². The maximum absolute atomic E-state index is 13.7. The first kappa shape index (κ1) is 12.6. The lowest BCUT2D eigenvalue weighted by Gasteiger charge is -2.18. The average molecular weight is 228 g/mol. The van der Waals surface area contributed by atoms with Crippen LogP contribution in [0.15, 0.2) is 18.2 Å². The molecule has 0 fully saturated rings. The summed E-state index contributed by atoms with van der Waals surface area (Å²) in [6.07, 6.45) is -1.19. The van der Waals surface area contributed by atoms with E-state index >= 15 is 0 Å². The van der Waals surface area contributed by atoms with Crippen LogP contribution in [0, 0.1) is 13.8 Å². The Morgan fingerprint density at radius 2 is 2.00 bits per heavy atom. The lowest BCUT2D eigenvalue weighted by molar-refractivity contribution is -0.139. The standard InChI is InChI=1S/C12H14F2O2/c1-8-3-4-9(2)10(7-8)12(13,14)6-5-11(15)16/h3-4,7H,5-6H2,1-2H3,(H,15,16). The van der Waals surface area contributed by atoms with E-state index in [1.807, 2.05) is 0 Å². The summed E-state index contributed by atoms with van der Waals surface area (Å²) in [5.74, 6) is -4.28. The molecule has 1 aromatic carbocycles. The van der Waals surface area contributed by atoms with Crippen LogP contribution in [0.3, 0.4) is 0 Å². The second-order valence-corrected chi connectivity index (χ2v) is 3.92. The lowest BCUT2D eigenvalue weighted by Crippen LogP contribution is -2.17. The van der Waals surface area contributed by atoms with Crippen molar-refractivity contribution in [3.05, 3.63) is 34.9 Å². The van der Waals surface area contributed by atoms with E-state index in [0.717, 1.165) is 5.56 Å². The number of aliphatic carboxylic acids is 1. The number of alkyl halides is 2. The molecule has 2 nitrogen and oxygen atoms in total. The predicted octanol–water partition coefficient (Wildman–Crippen LogP) is 3.26. The average Bonchev–Trinajstić information content (AvgIpc) is 2.19. The molecule has 0 atom stereocenters. The van der Waals surface area contributed by atoms with Crippen LogP contribution in [-0.2, 0) is 10.7 Å². The van der Waals surface area contributed by atoms with Crippen molar-refractivity contribution in [2.24, 2.45) is 0 Å². The molecule has 0 saturated carbocycles. The van der Waals surface area contributed by atoms with E-state index in [1.54, 1.807) is 26.0 Å². The van der Waals surface area contributed by atoms with Crippen LogP contribution in [0.1, 0.15) is 29.5 Å². The summed E-state index contributed by atoms with van der Waals surface area (Å²) in [5.41, 5.74) is 1.16. The van der Waals surface area contributed by atoms with Crippen molar-refractivity contribution in [3.63, 3.8) is 0 Å². The Labute approximate surface area is 92.9 Å². The van der Waals surface area contributed by atoms with Gasteiger partial charge in [0.15, 0.2) is 0 Å². The SMILES string of the molecule is Cc1ccc(C)c(C(F)(F)CCC(=O)O)c1. The van der Waals surface area contributed by atoms with Crippen LogP contribution in [0.25, 0.3) is 0 Å². The monoisotopic (exact) mass is 228 g/mol. The number of carboxylic acids is 1. The fourth-order valence-corrected chi connectivity index (χ4v) is 1.53. The third-order valence-electron chi connectivity index (χ3n) is 2.44. The van der Waals surface area contributed by atoms with Gasteiger partial charge in [-0.05, 0) is 25.5 Å². The highest BCUT2D eigenvalue weighted by atomic mass is 19.3. The first-order chi connectivity index (χ1) is 7.33. The Kier molecular flexibility index (Phi) is 3.62. The second kappa shape index (κ2) is 4.60. The summed E-state index contributed by atoms with van der Waals surface area (Å²) in [5, 5.41) is 8.41. The van der Waals surface area contributed by atoms with E-state index in [2.05, 4.69) is 0 Å². The quantitative estimate of drug-likeness (QED) is 0.858. The number of carbonyl (C=O) groups is 1. The van der Waals surface area contributed by atoms with E-state index in [0.29, 0.717) is 5.56 Å². The Morgan fingerprint density at radius 1 is 1.38 bits per heavy atom. The van der Waals surface area contributed by atoms with E-state index in [4.69, 9.17) is 5.11 Å². The number of hydrogen-bond donors (Lipinski definition) is 1. The topological polar surface area (TPSA) is 37.3 Å². The molecule has 0 aromatic heterocycles. The molecule has 0 radical (unpaired) electrons. The summed E-state index contributed by atoms with van der Waals surface area (Å²) in [4.78, 5) is 10.3. The van der Waals surface area contributed by atoms with Crippen LogP contribution in [0.4, 0.5) is 8.78 Å². The first-order valence-corrected chi connectivity index (χ1v) is 5.00. The zero-order valence-corrected chi connectivity index (χ0v) is 9.26. The van der Waals surface area contributed by atoms with Gasteiger partial charge in [-0.3, -0.25) is 4.79 Å². The number of rotatable bonds is 4. The summed E-state index contributed by atoms with van der Waals surface area (Å²) < 4.78 is 27.4. The van der Waals surface area contributed by atoms with Crippen LogP contribution in [0.2, 0.25) is 0 Å². The molecule has 4 heteroatoms. The molecular weight excluding hydrogens is 214 g/mol. The first-order valence-electron chi connectivity index (χ1n) is 5.00. The third-order valence-corrected chi connectivity index (χ3v) is 2.44. The fourth-order valence-electron chi connectivity index (χ4n) is 1.53. The van der Waals surface area contributed by atoms with Gasteiger partial charge in [-0.1, -0.05) is 17.7 Å². The Balaban J connectivity index is 2.96. The molecule has 0 aliphatic heterocycles. The van der Waals surface area contributed by atoms with Crippen LogP contribution in [0.5, 0.6) is 0 Å². The normalized spacial score (nSPS) is 11.5. The van der Waals surface area contributed by atoms with Crippen molar-refractivity contribution < 1.29 is 18.7 Å². The molecule has 0 spiro atoms. The summed E-state index contributed by atoms with van der Waals surface area (Å²) >= 11 is 0. The number of aryl methyl sites for hydroxylation is 2. The van der Waals surface area contributed by atoms with Crippen molar-refractivity contribution >= 4 is 5.97 Å². The molecule has 0 aliphatic rings. The molecule has 88 valence electrons. The Hall–Kier alpha value is -1.45. The molecule has 1 aromatic rings. The Bertz CT molecular complexity index is 400. The summed E-state index contributed by atoms with van der Waals surface area (Å²) in [7, 11) is 0. The largest absolute Gasteiger partial charge is 0.481 e. The van der Waals surface area contributed by atoms with Crippen molar-refractivity contribution in [2.75, 3.05) is 0 Å². The minimum absolute atomic E-state index is 0.0752. The van der Waals surface area contributed by atoms with Gasteiger partial charge in [0.05, 0.1) is 6.42 Å². The minimum Gasteiger partial charge on any atom is -0.481 e. The van der Waals surface area contributed by atoms with Gasteiger partial charge in [-0.2, -0.15) is 0 Å². The van der Waals surface area contributed by atoms with Gasteiger partial charge in [0.1, 0.15) is 0 Å². The molecule has 0 aliphatic carbocycles. The van der Waals surface area contributed by atoms with Gasteiger partial charge in [0.2, 0.25) is 0 Å². The van der Waals surface area contributed by atoms with Crippen LogP contribution < -0.4 is 0 Å². The van der Waals surface area contributed by atoms with Crippen molar-refractivity contribution in [2.45, 2.75) is 32.6 Å². The molecule has 0 heterocycles. The maximum atomic E-state index is 13.7. The van der Waals surface area contributed by atoms with E-state index < -0.39 is 24.7 Å². The third kappa shape index (κ3) is 3.02. The number of halogens is 2. The number of benzene rings is 1. The molecule has 1 rings (SSSR count).